The maximum Gasteiger partial charge on any atom is 0.406 e. The molecule has 4 rings (SSSR count). The van der Waals surface area contributed by atoms with Crippen molar-refractivity contribution < 1.29 is 37.4 Å². The summed E-state index contributed by atoms with van der Waals surface area (Å²) in [6, 6.07) is 6.21. The van der Waals surface area contributed by atoms with Crippen molar-refractivity contribution in [2.45, 2.75) is 71.1 Å². The molecule has 0 amide bonds. The minimum Gasteiger partial charge on any atom is -0.462 e. The summed E-state index contributed by atoms with van der Waals surface area (Å²) in [5.74, 6) is -0.684. The Labute approximate surface area is 234 Å². The second kappa shape index (κ2) is 12.4. The predicted molar refractivity (Wildman–Crippen MR) is 143 cm³/mol. The molecule has 1 saturated heterocycles. The quantitative estimate of drug-likeness (QED) is 0.167. The van der Waals surface area contributed by atoms with Gasteiger partial charge in [0, 0.05) is 0 Å². The van der Waals surface area contributed by atoms with E-state index in [-0.39, 0.29) is 28.9 Å². The summed E-state index contributed by atoms with van der Waals surface area (Å²) < 4.78 is 52.3. The number of halogens is 2. The molecule has 1 aliphatic heterocycles. The van der Waals surface area contributed by atoms with E-state index in [1.165, 1.54) is 17.8 Å². The first-order chi connectivity index (χ1) is 18.9. The Balaban J connectivity index is 1.50. The molecule has 40 heavy (non-hydrogen) atoms. The third-order valence-corrected chi connectivity index (χ3v) is 7.94. The van der Waals surface area contributed by atoms with Crippen LogP contribution in [0.3, 0.4) is 0 Å². The number of nitrogen functional groups attached to an aromatic ring is 1. The van der Waals surface area contributed by atoms with Crippen LogP contribution in [0.5, 0.6) is 0 Å². The first kappa shape index (κ1) is 30.3. The molecule has 218 valence electrons. The maximum absolute atomic E-state index is 15.2. The number of nitrogens with zero attached hydrogens (tertiary/aromatic N) is 4. The number of benzene rings is 1. The molecule has 0 spiro atoms. The number of rotatable bonds is 11. The third kappa shape index (κ3) is 6.77. The van der Waals surface area contributed by atoms with Gasteiger partial charge in [-0.25, -0.2) is 19.0 Å². The average molecular weight is 601 g/mol. The SMILES string of the molecule is Cc1ccccc1CO[P@@](=O)(N[C@@H](C)C(=O)OC(C)C)OCC1OC(n2cnc3c(N)nc(Cl)nc32)C(F)C1O. The highest BCUT2D eigenvalue weighted by atomic mass is 35.5. The lowest BCUT2D eigenvalue weighted by Crippen LogP contribution is -2.37. The number of hydrogen-bond donors (Lipinski definition) is 3. The van der Waals surface area contributed by atoms with Crippen molar-refractivity contribution in [1.82, 2.24) is 24.6 Å². The first-order valence-electron chi connectivity index (χ1n) is 12.4. The van der Waals surface area contributed by atoms with E-state index in [9.17, 15) is 14.5 Å². The molecular formula is C24H31ClFN6O7P. The Morgan fingerprint density at radius 2 is 2.02 bits per heavy atom. The van der Waals surface area contributed by atoms with Gasteiger partial charge in [0.15, 0.2) is 23.9 Å². The van der Waals surface area contributed by atoms with Crippen LogP contribution in [0, 0.1) is 6.92 Å². The number of aromatic nitrogens is 4. The number of alkyl halides is 1. The van der Waals surface area contributed by atoms with E-state index >= 15 is 4.39 Å². The monoisotopic (exact) mass is 600 g/mol. The topological polar surface area (TPSA) is 173 Å². The van der Waals surface area contributed by atoms with Crippen molar-refractivity contribution in [2.75, 3.05) is 12.3 Å². The smallest absolute Gasteiger partial charge is 0.406 e. The summed E-state index contributed by atoms with van der Waals surface area (Å²) in [6.45, 7) is 5.98. The van der Waals surface area contributed by atoms with Crippen LogP contribution in [0.25, 0.3) is 11.2 Å². The van der Waals surface area contributed by atoms with E-state index in [1.54, 1.807) is 26.0 Å². The molecule has 0 aliphatic carbocycles. The third-order valence-electron chi connectivity index (χ3n) is 6.11. The molecule has 2 aromatic heterocycles. The van der Waals surface area contributed by atoms with Gasteiger partial charge in [0.05, 0.1) is 25.6 Å². The van der Waals surface area contributed by atoms with Gasteiger partial charge in [0.1, 0.15) is 23.8 Å². The largest absolute Gasteiger partial charge is 0.462 e. The van der Waals surface area contributed by atoms with Gasteiger partial charge >= 0.3 is 13.7 Å². The lowest BCUT2D eigenvalue weighted by Gasteiger charge is -2.25. The summed E-state index contributed by atoms with van der Waals surface area (Å²) in [7, 11) is -4.23. The highest BCUT2D eigenvalue weighted by Gasteiger charge is 2.47. The number of nitrogens with two attached hydrogens (primary N) is 1. The summed E-state index contributed by atoms with van der Waals surface area (Å²) in [5.41, 5.74) is 7.72. The summed E-state index contributed by atoms with van der Waals surface area (Å²) >= 11 is 5.90. The van der Waals surface area contributed by atoms with Gasteiger partial charge in [0.25, 0.3) is 0 Å². The van der Waals surface area contributed by atoms with Gasteiger partial charge in [-0.2, -0.15) is 9.97 Å². The van der Waals surface area contributed by atoms with Crippen LogP contribution < -0.4 is 10.8 Å². The van der Waals surface area contributed by atoms with Crippen molar-refractivity contribution in [3.63, 3.8) is 0 Å². The van der Waals surface area contributed by atoms with E-state index in [2.05, 4.69) is 20.0 Å². The van der Waals surface area contributed by atoms with Gasteiger partial charge in [-0.1, -0.05) is 24.3 Å². The van der Waals surface area contributed by atoms with Crippen molar-refractivity contribution in [1.29, 1.82) is 0 Å². The molecule has 13 nitrogen and oxygen atoms in total. The number of anilines is 1. The number of ether oxygens (including phenoxy) is 2. The molecule has 3 heterocycles. The number of esters is 1. The fraction of sp³-hybridized carbons (Fsp3) is 0.500. The zero-order valence-electron chi connectivity index (χ0n) is 22.2. The Kier molecular flexibility index (Phi) is 9.40. The summed E-state index contributed by atoms with van der Waals surface area (Å²) in [6.07, 6.45) is -5.44. The van der Waals surface area contributed by atoms with Crippen LogP contribution in [0.1, 0.15) is 38.1 Å². The number of aliphatic hydroxyl groups excluding tert-OH is 1. The average Bonchev–Trinajstić information content (AvgIpc) is 3.42. The first-order valence-corrected chi connectivity index (χ1v) is 14.4. The lowest BCUT2D eigenvalue weighted by molar-refractivity contribution is -0.149. The standard InChI is InChI=1S/C24H31ClFN6O7P/c1-12(2)38-23(34)14(4)31-40(35,36-9-15-8-6-5-7-13(15)3)37-10-16-19(33)17(26)22(39-16)32-11-28-18-20(27)29-24(25)30-21(18)32/h5-8,11-12,14,16-17,19,22,33H,9-10H2,1-4H3,(H,31,35)(H2,27,29,30)/t14-,16?,17?,19?,22?,40-/m0/s1. The van der Waals surface area contributed by atoms with Crippen LogP contribution in [-0.4, -0.2) is 67.7 Å². The minimum absolute atomic E-state index is 0.00878. The van der Waals surface area contributed by atoms with E-state index in [4.69, 9.17) is 35.9 Å². The van der Waals surface area contributed by atoms with E-state index in [0.29, 0.717) is 0 Å². The van der Waals surface area contributed by atoms with Crippen LogP contribution in [0.2, 0.25) is 5.28 Å². The molecule has 1 aromatic carbocycles. The highest BCUT2D eigenvalue weighted by molar-refractivity contribution is 7.51. The van der Waals surface area contributed by atoms with Crippen molar-refractivity contribution >= 4 is 42.3 Å². The number of fused-ring (bicyclic) bond motifs is 1. The zero-order chi connectivity index (χ0) is 29.2. The maximum atomic E-state index is 15.2. The molecular weight excluding hydrogens is 570 g/mol. The molecule has 4 unspecified atom stereocenters. The van der Waals surface area contributed by atoms with Gasteiger partial charge in [-0.15, -0.1) is 0 Å². The predicted octanol–water partition coefficient (Wildman–Crippen LogP) is 3.24. The Morgan fingerprint density at radius 1 is 1.30 bits per heavy atom. The molecule has 1 fully saturated rings. The molecule has 3 aromatic rings. The second-order valence-electron chi connectivity index (χ2n) is 9.53. The van der Waals surface area contributed by atoms with Crippen molar-refractivity contribution in [3.05, 3.63) is 47.0 Å². The van der Waals surface area contributed by atoms with Crippen molar-refractivity contribution in [2.24, 2.45) is 0 Å². The van der Waals surface area contributed by atoms with Crippen molar-refractivity contribution in [3.8, 4) is 0 Å². The molecule has 6 atom stereocenters. The highest BCUT2D eigenvalue weighted by Crippen LogP contribution is 2.47. The van der Waals surface area contributed by atoms with Crippen LogP contribution >= 0.6 is 19.3 Å². The molecule has 16 heteroatoms. The van der Waals surface area contributed by atoms with Gasteiger partial charge < -0.3 is 20.3 Å². The fourth-order valence-corrected chi connectivity index (χ4v) is 5.62. The number of imidazole rings is 1. The Hall–Kier alpha value is -2.71. The minimum atomic E-state index is -4.23. The number of carbonyl (C=O) groups excluding carboxylic acids is 1. The lowest BCUT2D eigenvalue weighted by atomic mass is 10.1. The molecule has 0 saturated carbocycles. The number of aryl methyl sites for hydroxylation is 1. The number of nitrogens with one attached hydrogen (secondary N) is 1. The van der Waals surface area contributed by atoms with Crippen LogP contribution in [0.15, 0.2) is 30.6 Å². The normalized spacial score (nSPS) is 23.4. The van der Waals surface area contributed by atoms with Gasteiger partial charge in [0.2, 0.25) is 5.28 Å². The summed E-state index contributed by atoms with van der Waals surface area (Å²) in [5, 5.41) is 13.0. The van der Waals surface area contributed by atoms with Gasteiger partial charge in [-0.05, 0) is 50.4 Å². The van der Waals surface area contributed by atoms with Crippen LogP contribution in [0.4, 0.5) is 10.2 Å². The Bertz CT molecular complexity index is 1410. The van der Waals surface area contributed by atoms with Gasteiger partial charge in [-0.3, -0.25) is 18.4 Å². The summed E-state index contributed by atoms with van der Waals surface area (Å²) in [4.78, 5) is 24.3. The molecule has 4 N–H and O–H groups in total. The van der Waals surface area contributed by atoms with E-state index in [0.717, 1.165) is 11.1 Å². The number of aliphatic hydroxyl groups is 1. The van der Waals surface area contributed by atoms with Crippen LogP contribution in [-0.2, 0) is 34.5 Å². The molecule has 1 aliphatic rings. The van der Waals surface area contributed by atoms with E-state index < -0.39 is 57.1 Å². The number of hydrogen-bond acceptors (Lipinski definition) is 11. The van der Waals surface area contributed by atoms with E-state index in [1.807, 2.05) is 19.1 Å². The number of carbonyl (C=O) groups is 1. The second-order valence-corrected chi connectivity index (χ2v) is 11.6. The zero-order valence-corrected chi connectivity index (χ0v) is 23.9. The molecule has 0 bridgehead atoms. The Morgan fingerprint density at radius 3 is 2.73 bits per heavy atom. The molecule has 0 radical (unpaired) electrons. The fourth-order valence-electron chi connectivity index (χ4n) is 4.00.